The molecule has 1 N–H and O–H groups in total. The van der Waals surface area contributed by atoms with Gasteiger partial charge in [-0.05, 0) is 56.1 Å². The first-order valence-corrected chi connectivity index (χ1v) is 10.8. The number of rotatable bonds is 6. The van der Waals surface area contributed by atoms with Crippen LogP contribution >= 0.6 is 0 Å². The summed E-state index contributed by atoms with van der Waals surface area (Å²) >= 11 is 0. The Labute approximate surface area is 189 Å². The van der Waals surface area contributed by atoms with E-state index in [4.69, 9.17) is 4.52 Å². The van der Waals surface area contributed by atoms with Gasteiger partial charge in [0.2, 0.25) is 5.91 Å². The number of amides is 1. The number of piperidine rings is 1. The van der Waals surface area contributed by atoms with Crippen LogP contribution in [-0.4, -0.2) is 34.0 Å². The Bertz CT molecular complexity index is 1100. The van der Waals surface area contributed by atoms with Crippen molar-refractivity contribution in [3.63, 3.8) is 0 Å². The maximum Gasteiger partial charge on any atom is 0.416 e. The van der Waals surface area contributed by atoms with Gasteiger partial charge in [0.05, 0.1) is 18.0 Å². The van der Waals surface area contributed by atoms with Crippen LogP contribution in [0.4, 0.5) is 13.2 Å². The lowest BCUT2D eigenvalue weighted by molar-refractivity contribution is -0.137. The van der Waals surface area contributed by atoms with E-state index >= 15 is 0 Å². The summed E-state index contributed by atoms with van der Waals surface area (Å²) in [5, 5.41) is 6.84. The van der Waals surface area contributed by atoms with E-state index in [1.165, 1.54) is 6.07 Å². The first-order valence-electron chi connectivity index (χ1n) is 10.8. The van der Waals surface area contributed by atoms with Crippen molar-refractivity contribution in [1.82, 2.24) is 20.4 Å². The molecule has 3 aromatic rings. The number of hydrogen-bond donors (Lipinski definition) is 1. The van der Waals surface area contributed by atoms with E-state index < -0.39 is 11.7 Å². The smallest absolute Gasteiger partial charge is 0.352 e. The molecular weight excluding hydrogens is 433 g/mol. The van der Waals surface area contributed by atoms with Gasteiger partial charge in [-0.15, -0.1) is 0 Å². The van der Waals surface area contributed by atoms with Crippen LogP contribution in [-0.2, 0) is 24.1 Å². The van der Waals surface area contributed by atoms with E-state index in [1.807, 2.05) is 31.2 Å². The summed E-state index contributed by atoms with van der Waals surface area (Å²) < 4.78 is 44.0. The average molecular weight is 458 g/mol. The maximum absolute atomic E-state index is 12.9. The number of benzene rings is 2. The predicted octanol–water partition coefficient (Wildman–Crippen LogP) is 4.59. The highest BCUT2D eigenvalue weighted by molar-refractivity contribution is 5.79. The predicted molar refractivity (Wildman–Crippen MR) is 116 cm³/mol. The van der Waals surface area contributed by atoms with Crippen LogP contribution in [0.25, 0.3) is 11.5 Å². The molecule has 1 aliphatic rings. The Kier molecular flexibility index (Phi) is 6.78. The summed E-state index contributed by atoms with van der Waals surface area (Å²) in [6.45, 7) is 3.87. The maximum atomic E-state index is 12.9. The summed E-state index contributed by atoms with van der Waals surface area (Å²) in [4.78, 5) is 19.2. The van der Waals surface area contributed by atoms with Gasteiger partial charge in [0.15, 0.2) is 5.82 Å². The molecule has 0 bridgehead atoms. The summed E-state index contributed by atoms with van der Waals surface area (Å²) in [5.74, 6) is 0.603. The second kappa shape index (κ2) is 9.74. The largest absolute Gasteiger partial charge is 0.416 e. The van der Waals surface area contributed by atoms with E-state index in [0.29, 0.717) is 30.4 Å². The highest BCUT2D eigenvalue weighted by atomic mass is 19.4. The molecule has 1 amide bonds. The molecule has 1 atom stereocenters. The minimum absolute atomic E-state index is 0.0595. The SMILES string of the molecule is Cc1ccc(-c2nc(CN3CCC[C@H](C(=O)NCc4cccc(C(F)(F)F)c4)C3)no2)cc1. The quantitative estimate of drug-likeness (QED) is 0.585. The lowest BCUT2D eigenvalue weighted by atomic mass is 9.97. The van der Waals surface area contributed by atoms with Crippen molar-refractivity contribution in [1.29, 1.82) is 0 Å². The van der Waals surface area contributed by atoms with Crippen molar-refractivity contribution in [2.75, 3.05) is 13.1 Å². The van der Waals surface area contributed by atoms with Crippen molar-refractivity contribution in [2.24, 2.45) is 5.92 Å². The fraction of sp³-hybridized carbons (Fsp3) is 0.375. The summed E-state index contributed by atoms with van der Waals surface area (Å²) in [5.41, 5.74) is 1.69. The van der Waals surface area contributed by atoms with Crippen LogP contribution < -0.4 is 5.32 Å². The monoisotopic (exact) mass is 458 g/mol. The number of aromatic nitrogens is 2. The van der Waals surface area contributed by atoms with E-state index in [0.717, 1.165) is 42.6 Å². The number of carbonyl (C=O) groups is 1. The highest BCUT2D eigenvalue weighted by Gasteiger charge is 2.30. The third-order valence-corrected chi connectivity index (χ3v) is 5.73. The zero-order valence-electron chi connectivity index (χ0n) is 18.2. The molecule has 0 saturated carbocycles. The van der Waals surface area contributed by atoms with Gasteiger partial charge in [-0.3, -0.25) is 9.69 Å². The Morgan fingerprint density at radius 3 is 2.76 bits per heavy atom. The second-order valence-corrected chi connectivity index (χ2v) is 8.37. The number of aryl methyl sites for hydroxylation is 1. The van der Waals surface area contributed by atoms with Gasteiger partial charge in [-0.2, -0.15) is 18.2 Å². The lowest BCUT2D eigenvalue weighted by Crippen LogP contribution is -2.42. The Morgan fingerprint density at radius 2 is 2.00 bits per heavy atom. The van der Waals surface area contributed by atoms with Gasteiger partial charge in [-0.1, -0.05) is 35.0 Å². The fourth-order valence-corrected chi connectivity index (χ4v) is 3.94. The summed E-state index contributed by atoms with van der Waals surface area (Å²) in [6, 6.07) is 12.8. The third-order valence-electron chi connectivity index (χ3n) is 5.73. The molecule has 174 valence electrons. The van der Waals surface area contributed by atoms with Gasteiger partial charge in [0, 0.05) is 18.7 Å². The molecule has 1 aromatic heterocycles. The third kappa shape index (κ3) is 5.98. The molecular formula is C24H25F3N4O2. The van der Waals surface area contributed by atoms with Crippen molar-refractivity contribution in [2.45, 2.75) is 39.0 Å². The Balaban J connectivity index is 1.31. The number of carbonyl (C=O) groups excluding carboxylic acids is 1. The number of nitrogens with one attached hydrogen (secondary N) is 1. The number of hydrogen-bond acceptors (Lipinski definition) is 5. The molecule has 33 heavy (non-hydrogen) atoms. The van der Waals surface area contributed by atoms with Crippen LogP contribution in [0, 0.1) is 12.8 Å². The van der Waals surface area contributed by atoms with E-state index in [9.17, 15) is 18.0 Å². The van der Waals surface area contributed by atoms with Crippen LogP contribution in [0.15, 0.2) is 53.1 Å². The van der Waals surface area contributed by atoms with Gasteiger partial charge in [-0.25, -0.2) is 0 Å². The Hall–Kier alpha value is -3.20. The Morgan fingerprint density at radius 1 is 1.21 bits per heavy atom. The minimum atomic E-state index is -4.40. The fourth-order valence-electron chi connectivity index (χ4n) is 3.94. The van der Waals surface area contributed by atoms with E-state index in [-0.39, 0.29) is 18.4 Å². The number of alkyl halides is 3. The van der Waals surface area contributed by atoms with Crippen LogP contribution in [0.1, 0.15) is 35.4 Å². The topological polar surface area (TPSA) is 71.3 Å². The zero-order valence-corrected chi connectivity index (χ0v) is 18.2. The normalized spacial score (nSPS) is 17.2. The first kappa shape index (κ1) is 23.0. The lowest BCUT2D eigenvalue weighted by Gasteiger charge is -2.31. The van der Waals surface area contributed by atoms with Crippen molar-refractivity contribution < 1.29 is 22.5 Å². The van der Waals surface area contributed by atoms with E-state index in [2.05, 4.69) is 20.4 Å². The summed E-state index contributed by atoms with van der Waals surface area (Å²) in [6.07, 6.45) is -2.84. The molecule has 2 aromatic carbocycles. The average Bonchev–Trinajstić information content (AvgIpc) is 3.26. The highest BCUT2D eigenvalue weighted by Crippen LogP contribution is 2.29. The molecule has 9 heteroatoms. The van der Waals surface area contributed by atoms with Gasteiger partial charge in [0.1, 0.15) is 0 Å². The summed E-state index contributed by atoms with van der Waals surface area (Å²) in [7, 11) is 0. The first-order chi connectivity index (χ1) is 15.8. The van der Waals surface area contributed by atoms with Crippen molar-refractivity contribution in [3.05, 3.63) is 71.0 Å². The molecule has 1 fully saturated rings. The van der Waals surface area contributed by atoms with Gasteiger partial charge < -0.3 is 9.84 Å². The van der Waals surface area contributed by atoms with Crippen LogP contribution in [0.5, 0.6) is 0 Å². The molecule has 1 saturated heterocycles. The molecule has 6 nitrogen and oxygen atoms in total. The van der Waals surface area contributed by atoms with Gasteiger partial charge in [0.25, 0.3) is 5.89 Å². The molecule has 4 rings (SSSR count). The molecule has 1 aliphatic heterocycles. The molecule has 2 heterocycles. The van der Waals surface area contributed by atoms with Crippen molar-refractivity contribution >= 4 is 5.91 Å². The van der Waals surface area contributed by atoms with Crippen LogP contribution in [0.2, 0.25) is 0 Å². The molecule has 0 radical (unpaired) electrons. The standard InChI is InChI=1S/C24H25F3N4O2/c1-16-7-9-18(10-8-16)23-29-21(30-33-23)15-31-11-3-5-19(14-31)22(32)28-13-17-4-2-6-20(12-17)24(25,26)27/h2,4,6-10,12,19H,3,5,11,13-15H2,1H3,(H,28,32)/t19-/m0/s1. The van der Waals surface area contributed by atoms with Crippen molar-refractivity contribution in [3.8, 4) is 11.5 Å². The van der Waals surface area contributed by atoms with Gasteiger partial charge >= 0.3 is 6.18 Å². The number of likely N-dealkylation sites (tertiary alicyclic amines) is 1. The molecule has 0 unspecified atom stereocenters. The minimum Gasteiger partial charge on any atom is -0.352 e. The number of nitrogens with zero attached hydrogens (tertiary/aromatic N) is 3. The number of halogens is 3. The molecule has 0 spiro atoms. The second-order valence-electron chi connectivity index (χ2n) is 8.37. The molecule has 0 aliphatic carbocycles. The zero-order chi connectivity index (χ0) is 23.4. The van der Waals surface area contributed by atoms with E-state index in [1.54, 1.807) is 6.07 Å². The van der Waals surface area contributed by atoms with Crippen LogP contribution in [0.3, 0.4) is 0 Å².